The third-order valence-electron chi connectivity index (χ3n) is 1.51. The van der Waals surface area contributed by atoms with E-state index in [9.17, 15) is 18.0 Å². The van der Waals surface area contributed by atoms with Gasteiger partial charge in [-0.2, -0.15) is 13.2 Å². The molecule has 0 saturated carbocycles. The number of hydrogen-bond donors (Lipinski definition) is 2. The highest BCUT2D eigenvalue weighted by Gasteiger charge is 2.27. The van der Waals surface area contributed by atoms with Gasteiger partial charge in [0.2, 0.25) is 5.91 Å². The summed E-state index contributed by atoms with van der Waals surface area (Å²) in [6.07, 6.45) is -1.10. The van der Waals surface area contributed by atoms with Crippen LogP contribution in [-0.2, 0) is 4.79 Å². The lowest BCUT2D eigenvalue weighted by atomic mass is 10.5. The highest BCUT2D eigenvalue weighted by Crippen LogP contribution is 2.11. The fraction of sp³-hybridized carbons (Fsp3) is 0.375. The molecule has 1 heterocycles. The first kappa shape index (κ1) is 11.4. The number of rotatable bonds is 4. The fourth-order valence-corrected chi connectivity index (χ4v) is 0.864. The second-order valence-corrected chi connectivity index (χ2v) is 2.82. The van der Waals surface area contributed by atoms with Crippen molar-refractivity contribution in [1.82, 2.24) is 9.99 Å². The van der Waals surface area contributed by atoms with E-state index in [1.165, 1.54) is 4.68 Å². The van der Waals surface area contributed by atoms with Crippen molar-refractivity contribution in [1.29, 1.82) is 0 Å². The van der Waals surface area contributed by atoms with Gasteiger partial charge in [0.05, 0.1) is 0 Å². The van der Waals surface area contributed by atoms with Gasteiger partial charge in [-0.1, -0.05) is 0 Å². The van der Waals surface area contributed by atoms with Crippen molar-refractivity contribution < 1.29 is 18.0 Å². The third kappa shape index (κ3) is 4.94. The SMILES string of the molecule is O=C(CNn1cccc1)NCC(F)(F)F. The Balaban J connectivity index is 2.20. The van der Waals surface area contributed by atoms with Crippen LogP contribution in [0.25, 0.3) is 0 Å². The molecule has 0 aliphatic heterocycles. The molecule has 7 heteroatoms. The van der Waals surface area contributed by atoms with Gasteiger partial charge in [-0.15, -0.1) is 0 Å². The molecule has 0 bridgehead atoms. The molecule has 0 unspecified atom stereocenters. The number of hydrogen-bond acceptors (Lipinski definition) is 2. The zero-order chi connectivity index (χ0) is 11.3. The molecule has 1 amide bonds. The maximum Gasteiger partial charge on any atom is 0.405 e. The molecule has 0 saturated heterocycles. The number of halogens is 3. The Labute approximate surface area is 84.0 Å². The Hall–Kier alpha value is -1.66. The van der Waals surface area contributed by atoms with Crippen molar-refractivity contribution in [2.45, 2.75) is 6.18 Å². The largest absolute Gasteiger partial charge is 0.405 e. The van der Waals surface area contributed by atoms with Crippen LogP contribution in [0.3, 0.4) is 0 Å². The van der Waals surface area contributed by atoms with Crippen LogP contribution < -0.4 is 10.7 Å². The smallest absolute Gasteiger partial charge is 0.345 e. The van der Waals surface area contributed by atoms with E-state index >= 15 is 0 Å². The Morgan fingerprint density at radius 1 is 1.27 bits per heavy atom. The second kappa shape index (κ2) is 4.72. The molecule has 0 radical (unpaired) electrons. The highest BCUT2D eigenvalue weighted by molar-refractivity contribution is 5.79. The Bertz CT molecular complexity index is 307. The topological polar surface area (TPSA) is 46.1 Å². The first-order chi connectivity index (χ1) is 6.97. The number of alkyl halides is 3. The minimum atomic E-state index is -4.37. The molecule has 0 spiro atoms. The van der Waals surface area contributed by atoms with E-state index in [4.69, 9.17) is 0 Å². The van der Waals surface area contributed by atoms with E-state index in [0.29, 0.717) is 0 Å². The van der Waals surface area contributed by atoms with Crippen molar-refractivity contribution in [3.8, 4) is 0 Å². The van der Waals surface area contributed by atoms with Gasteiger partial charge in [0.15, 0.2) is 0 Å². The van der Waals surface area contributed by atoms with Crippen molar-refractivity contribution in [3.05, 3.63) is 24.5 Å². The molecule has 0 fully saturated rings. The van der Waals surface area contributed by atoms with Gasteiger partial charge in [0.25, 0.3) is 0 Å². The molecule has 15 heavy (non-hydrogen) atoms. The van der Waals surface area contributed by atoms with Crippen LogP contribution >= 0.6 is 0 Å². The van der Waals surface area contributed by atoms with E-state index in [-0.39, 0.29) is 6.54 Å². The summed E-state index contributed by atoms with van der Waals surface area (Å²) in [5.41, 5.74) is 2.60. The first-order valence-corrected chi connectivity index (χ1v) is 4.18. The Kier molecular flexibility index (Phi) is 3.59. The predicted octanol–water partition coefficient (Wildman–Crippen LogP) is 0.710. The van der Waals surface area contributed by atoms with Crippen LogP contribution in [0.5, 0.6) is 0 Å². The molecule has 1 aromatic rings. The number of nitrogens with one attached hydrogen (secondary N) is 2. The van der Waals surface area contributed by atoms with Crippen molar-refractivity contribution in [3.63, 3.8) is 0 Å². The van der Waals surface area contributed by atoms with Gasteiger partial charge < -0.3 is 10.7 Å². The average Bonchev–Trinajstić information content (AvgIpc) is 2.62. The van der Waals surface area contributed by atoms with E-state index < -0.39 is 18.6 Å². The van der Waals surface area contributed by atoms with Crippen molar-refractivity contribution >= 4 is 5.91 Å². The lowest BCUT2D eigenvalue weighted by molar-refractivity contribution is -0.137. The maximum absolute atomic E-state index is 11.7. The zero-order valence-corrected chi connectivity index (χ0v) is 7.71. The first-order valence-electron chi connectivity index (χ1n) is 4.18. The van der Waals surface area contributed by atoms with Crippen LogP contribution in [0.15, 0.2) is 24.5 Å². The fourth-order valence-electron chi connectivity index (χ4n) is 0.864. The Morgan fingerprint density at radius 3 is 2.40 bits per heavy atom. The van der Waals surface area contributed by atoms with E-state index in [2.05, 4.69) is 5.43 Å². The summed E-state index contributed by atoms with van der Waals surface area (Å²) >= 11 is 0. The van der Waals surface area contributed by atoms with Crippen LogP contribution in [0.4, 0.5) is 13.2 Å². The summed E-state index contributed by atoms with van der Waals surface area (Å²) in [4.78, 5) is 10.9. The van der Waals surface area contributed by atoms with E-state index in [0.717, 1.165) is 0 Å². The summed E-state index contributed by atoms with van der Waals surface area (Å²) < 4.78 is 36.5. The predicted molar refractivity (Wildman–Crippen MR) is 47.7 cm³/mol. The van der Waals surface area contributed by atoms with Gasteiger partial charge in [0.1, 0.15) is 13.1 Å². The van der Waals surface area contributed by atoms with Crippen molar-refractivity contribution in [2.75, 3.05) is 18.5 Å². The molecule has 0 aromatic carbocycles. The monoisotopic (exact) mass is 221 g/mol. The minimum Gasteiger partial charge on any atom is -0.345 e. The molecule has 1 aromatic heterocycles. The van der Waals surface area contributed by atoms with Gasteiger partial charge in [-0.05, 0) is 12.1 Å². The molecule has 0 aliphatic carbocycles. The van der Waals surface area contributed by atoms with Crippen molar-refractivity contribution in [2.24, 2.45) is 0 Å². The minimum absolute atomic E-state index is 0.204. The van der Waals surface area contributed by atoms with Crippen LogP contribution in [0, 0.1) is 0 Å². The summed E-state index contributed by atoms with van der Waals surface area (Å²) in [5.74, 6) is -0.707. The summed E-state index contributed by atoms with van der Waals surface area (Å²) in [6, 6.07) is 3.45. The number of carbonyl (C=O) groups excluding carboxylic acids is 1. The van der Waals surface area contributed by atoms with Crippen LogP contribution in [-0.4, -0.2) is 29.8 Å². The molecular formula is C8H10F3N3O. The summed E-state index contributed by atoms with van der Waals surface area (Å²) in [7, 11) is 0. The summed E-state index contributed by atoms with van der Waals surface area (Å²) in [5, 5.41) is 1.75. The molecule has 2 N–H and O–H groups in total. The number of nitrogens with zero attached hydrogens (tertiary/aromatic N) is 1. The van der Waals surface area contributed by atoms with Crippen LogP contribution in [0.2, 0.25) is 0 Å². The molecule has 0 atom stereocenters. The molecule has 4 nitrogen and oxygen atoms in total. The van der Waals surface area contributed by atoms with E-state index in [1.54, 1.807) is 29.8 Å². The summed E-state index contributed by atoms with van der Waals surface area (Å²) in [6.45, 7) is -1.51. The number of carbonyl (C=O) groups is 1. The van der Waals surface area contributed by atoms with Gasteiger partial charge in [-0.3, -0.25) is 9.47 Å². The third-order valence-corrected chi connectivity index (χ3v) is 1.51. The Morgan fingerprint density at radius 2 is 1.87 bits per heavy atom. The highest BCUT2D eigenvalue weighted by atomic mass is 19.4. The van der Waals surface area contributed by atoms with E-state index in [1.807, 2.05) is 0 Å². The maximum atomic E-state index is 11.7. The molecule has 1 rings (SSSR count). The molecule has 84 valence electrons. The zero-order valence-electron chi connectivity index (χ0n) is 7.71. The number of amides is 1. The number of aromatic nitrogens is 1. The quantitative estimate of drug-likeness (QED) is 0.786. The van der Waals surface area contributed by atoms with Crippen LogP contribution in [0.1, 0.15) is 0 Å². The standard InChI is InChI=1S/C8H10F3N3O/c9-8(10,11)6-12-7(15)5-13-14-3-1-2-4-14/h1-4,13H,5-6H2,(H,12,15). The van der Waals surface area contributed by atoms with Gasteiger partial charge in [0, 0.05) is 12.4 Å². The normalized spacial score (nSPS) is 11.1. The lowest BCUT2D eigenvalue weighted by Crippen LogP contribution is -2.38. The lowest BCUT2D eigenvalue weighted by Gasteiger charge is -2.10. The van der Waals surface area contributed by atoms with Gasteiger partial charge in [-0.25, -0.2) is 0 Å². The average molecular weight is 221 g/mol. The second-order valence-electron chi connectivity index (χ2n) is 2.82. The molecular weight excluding hydrogens is 211 g/mol. The molecule has 0 aliphatic rings. The van der Waals surface area contributed by atoms with Gasteiger partial charge >= 0.3 is 6.18 Å².